The fourth-order valence-corrected chi connectivity index (χ4v) is 3.04. The highest BCUT2D eigenvalue weighted by atomic mass is 19.1. The molecule has 4 rings (SSSR count). The van der Waals surface area contributed by atoms with E-state index in [1.54, 1.807) is 16.9 Å². The second kappa shape index (κ2) is 7.16. The third kappa shape index (κ3) is 3.75. The molecule has 4 aromatic heterocycles. The molecule has 0 aliphatic heterocycles. The lowest BCUT2D eigenvalue weighted by atomic mass is 10.1. The van der Waals surface area contributed by atoms with Gasteiger partial charge in [0.1, 0.15) is 11.3 Å². The first-order valence-corrected chi connectivity index (χ1v) is 9.27. The number of carbonyl (C=O) groups is 1. The van der Waals surface area contributed by atoms with Gasteiger partial charge in [0.15, 0.2) is 0 Å². The first-order chi connectivity index (χ1) is 13.9. The number of carbonyl (C=O) groups excluding carboxylic acids is 1. The minimum absolute atomic E-state index is 0.0786. The Morgan fingerprint density at radius 3 is 2.97 bits per heavy atom. The first kappa shape index (κ1) is 18.9. The van der Waals surface area contributed by atoms with E-state index < -0.39 is 5.67 Å². The van der Waals surface area contributed by atoms with E-state index >= 15 is 0 Å². The molecule has 0 unspecified atom stereocenters. The van der Waals surface area contributed by atoms with Crippen LogP contribution in [0.4, 0.5) is 4.39 Å². The monoisotopic (exact) mass is 396 g/mol. The molecule has 0 aromatic carbocycles. The maximum atomic E-state index is 13.7. The number of H-pyrrole nitrogens is 1. The number of halogens is 1. The molecule has 0 saturated carbocycles. The average molecular weight is 396 g/mol. The van der Waals surface area contributed by atoms with Crippen molar-refractivity contribution in [2.24, 2.45) is 0 Å². The van der Waals surface area contributed by atoms with Crippen LogP contribution in [0.3, 0.4) is 0 Å². The lowest BCUT2D eigenvalue weighted by Crippen LogP contribution is -2.35. The predicted octanol–water partition coefficient (Wildman–Crippen LogP) is 3.15. The van der Waals surface area contributed by atoms with Gasteiger partial charge in [0, 0.05) is 29.5 Å². The van der Waals surface area contributed by atoms with Crippen LogP contribution in [0.5, 0.6) is 6.01 Å². The second-order valence-corrected chi connectivity index (χ2v) is 7.26. The lowest BCUT2D eigenvalue weighted by Gasteiger charge is -2.14. The summed E-state index contributed by atoms with van der Waals surface area (Å²) < 4.78 is 20.7. The Bertz CT molecular complexity index is 1190. The Balaban J connectivity index is 1.70. The van der Waals surface area contributed by atoms with E-state index in [-0.39, 0.29) is 12.5 Å². The van der Waals surface area contributed by atoms with E-state index in [0.29, 0.717) is 29.3 Å². The molecular formula is C20H21FN6O2. The highest BCUT2D eigenvalue weighted by Gasteiger charge is 2.20. The standard InChI is InChI=1S/C20H21FN6O2/c1-4-29-19-23-9-14-13(8-22-17(14)26-19)12-5-6-27-16(7-12)15(10-25-27)18(28)24-11-20(2,3)21/h5-10H,4,11H2,1-3H3,(H,24,28)(H,22,23,26). The number of nitrogens with one attached hydrogen (secondary N) is 2. The van der Waals surface area contributed by atoms with Crippen LogP contribution in [0.1, 0.15) is 31.1 Å². The van der Waals surface area contributed by atoms with E-state index in [1.807, 2.05) is 25.3 Å². The van der Waals surface area contributed by atoms with E-state index in [0.717, 1.165) is 16.5 Å². The van der Waals surface area contributed by atoms with Gasteiger partial charge in [-0.2, -0.15) is 10.1 Å². The van der Waals surface area contributed by atoms with Crippen molar-refractivity contribution in [1.29, 1.82) is 0 Å². The Morgan fingerprint density at radius 2 is 2.21 bits per heavy atom. The molecule has 0 radical (unpaired) electrons. The molecule has 29 heavy (non-hydrogen) atoms. The van der Waals surface area contributed by atoms with Crippen LogP contribution in [0.25, 0.3) is 27.7 Å². The minimum Gasteiger partial charge on any atom is -0.464 e. The second-order valence-electron chi connectivity index (χ2n) is 7.26. The zero-order chi connectivity index (χ0) is 20.6. The maximum Gasteiger partial charge on any atom is 0.318 e. The van der Waals surface area contributed by atoms with Gasteiger partial charge in [0.2, 0.25) is 0 Å². The molecule has 0 aliphatic rings. The lowest BCUT2D eigenvalue weighted by molar-refractivity contribution is 0.0922. The van der Waals surface area contributed by atoms with Crippen molar-refractivity contribution in [1.82, 2.24) is 29.9 Å². The third-order valence-corrected chi connectivity index (χ3v) is 4.43. The van der Waals surface area contributed by atoms with Crippen molar-refractivity contribution in [2.45, 2.75) is 26.4 Å². The maximum absolute atomic E-state index is 13.7. The SMILES string of the molecule is CCOc1ncc2c(-c3ccn4ncc(C(=O)NCC(C)(C)F)c4c3)c[nH]c2n1. The summed E-state index contributed by atoms with van der Waals surface area (Å²) in [6.07, 6.45) is 6.79. The number of aromatic nitrogens is 5. The molecule has 8 nitrogen and oxygen atoms in total. The number of pyridine rings is 1. The summed E-state index contributed by atoms with van der Waals surface area (Å²) in [5.74, 6) is -0.369. The summed E-state index contributed by atoms with van der Waals surface area (Å²) in [6, 6.07) is 4.07. The van der Waals surface area contributed by atoms with Crippen molar-refractivity contribution in [3.8, 4) is 17.1 Å². The fraction of sp³-hybridized carbons (Fsp3) is 0.300. The van der Waals surface area contributed by atoms with Gasteiger partial charge in [0.25, 0.3) is 5.91 Å². The van der Waals surface area contributed by atoms with Gasteiger partial charge in [-0.25, -0.2) is 13.9 Å². The van der Waals surface area contributed by atoms with Gasteiger partial charge in [-0.1, -0.05) is 0 Å². The molecule has 1 amide bonds. The van der Waals surface area contributed by atoms with Gasteiger partial charge < -0.3 is 15.0 Å². The van der Waals surface area contributed by atoms with Gasteiger partial charge >= 0.3 is 6.01 Å². The highest BCUT2D eigenvalue weighted by molar-refractivity contribution is 6.02. The molecule has 9 heteroatoms. The number of ether oxygens (including phenoxy) is 1. The van der Waals surface area contributed by atoms with Crippen LogP contribution in [0.2, 0.25) is 0 Å². The number of hydrogen-bond acceptors (Lipinski definition) is 5. The Morgan fingerprint density at radius 1 is 1.38 bits per heavy atom. The zero-order valence-corrected chi connectivity index (χ0v) is 16.4. The summed E-state index contributed by atoms with van der Waals surface area (Å²) in [6.45, 7) is 5.11. The molecule has 4 aromatic rings. The zero-order valence-electron chi connectivity index (χ0n) is 16.4. The van der Waals surface area contributed by atoms with Gasteiger partial charge in [-0.05, 0) is 38.5 Å². The van der Waals surface area contributed by atoms with Gasteiger partial charge in [-0.3, -0.25) is 4.79 Å². The Kier molecular flexibility index (Phi) is 4.65. The van der Waals surface area contributed by atoms with E-state index in [4.69, 9.17) is 4.74 Å². The average Bonchev–Trinajstić information content (AvgIpc) is 3.29. The van der Waals surface area contributed by atoms with Crippen molar-refractivity contribution >= 4 is 22.5 Å². The number of alkyl halides is 1. The Labute approximate surface area is 166 Å². The van der Waals surface area contributed by atoms with Crippen LogP contribution in [-0.2, 0) is 0 Å². The molecule has 0 atom stereocenters. The van der Waals surface area contributed by atoms with E-state index in [2.05, 4.69) is 25.4 Å². The van der Waals surface area contributed by atoms with Gasteiger partial charge in [0.05, 0.1) is 30.4 Å². The van der Waals surface area contributed by atoms with Crippen LogP contribution >= 0.6 is 0 Å². The molecule has 150 valence electrons. The number of hydrogen-bond donors (Lipinski definition) is 2. The molecule has 0 bridgehead atoms. The molecule has 4 heterocycles. The number of rotatable bonds is 6. The van der Waals surface area contributed by atoms with Crippen molar-refractivity contribution in [2.75, 3.05) is 13.2 Å². The number of fused-ring (bicyclic) bond motifs is 2. The Hall–Kier alpha value is -3.49. The van der Waals surface area contributed by atoms with E-state index in [1.165, 1.54) is 20.0 Å². The summed E-state index contributed by atoms with van der Waals surface area (Å²) in [5.41, 5.74) is 1.94. The molecule has 0 spiro atoms. The molecule has 2 N–H and O–H groups in total. The number of nitrogens with zero attached hydrogens (tertiary/aromatic N) is 4. The minimum atomic E-state index is -1.49. The quantitative estimate of drug-likeness (QED) is 0.522. The largest absolute Gasteiger partial charge is 0.464 e. The number of amides is 1. The summed E-state index contributed by atoms with van der Waals surface area (Å²) in [5, 5.41) is 7.66. The first-order valence-electron chi connectivity index (χ1n) is 9.27. The van der Waals surface area contributed by atoms with Crippen LogP contribution < -0.4 is 10.1 Å². The smallest absolute Gasteiger partial charge is 0.318 e. The van der Waals surface area contributed by atoms with E-state index in [9.17, 15) is 9.18 Å². The van der Waals surface area contributed by atoms with Gasteiger partial charge in [-0.15, -0.1) is 0 Å². The molecular weight excluding hydrogens is 375 g/mol. The topological polar surface area (TPSA) is 97.2 Å². The summed E-state index contributed by atoms with van der Waals surface area (Å²) in [4.78, 5) is 24.2. The molecule has 0 aliphatic carbocycles. The normalized spacial score (nSPS) is 11.9. The van der Waals surface area contributed by atoms with Crippen molar-refractivity contribution in [3.63, 3.8) is 0 Å². The third-order valence-electron chi connectivity index (χ3n) is 4.43. The summed E-state index contributed by atoms with van der Waals surface area (Å²) in [7, 11) is 0. The summed E-state index contributed by atoms with van der Waals surface area (Å²) >= 11 is 0. The van der Waals surface area contributed by atoms with Crippen LogP contribution in [0.15, 0.2) is 36.9 Å². The molecule has 0 saturated heterocycles. The molecule has 0 fully saturated rings. The van der Waals surface area contributed by atoms with Crippen molar-refractivity contribution in [3.05, 3.63) is 42.5 Å². The van der Waals surface area contributed by atoms with Crippen LogP contribution in [0, 0.1) is 0 Å². The van der Waals surface area contributed by atoms with Crippen molar-refractivity contribution < 1.29 is 13.9 Å². The number of aromatic amines is 1. The van der Waals surface area contributed by atoms with Crippen LogP contribution in [-0.4, -0.2) is 49.3 Å². The predicted molar refractivity (Wildman–Crippen MR) is 107 cm³/mol. The highest BCUT2D eigenvalue weighted by Crippen LogP contribution is 2.29. The fourth-order valence-electron chi connectivity index (χ4n) is 3.04.